The van der Waals surface area contributed by atoms with E-state index in [9.17, 15) is 0 Å². The quantitative estimate of drug-likeness (QED) is 0.652. The van der Waals surface area contributed by atoms with Crippen LogP contribution in [0.2, 0.25) is 0 Å². The summed E-state index contributed by atoms with van der Waals surface area (Å²) >= 11 is 1.66. The van der Waals surface area contributed by atoms with Crippen LogP contribution in [0, 0.1) is 6.92 Å². The summed E-state index contributed by atoms with van der Waals surface area (Å²) in [6.45, 7) is 1.94. The first kappa shape index (κ1) is 11.0. The highest BCUT2D eigenvalue weighted by atomic mass is 32.2. The molecule has 1 aromatic heterocycles. The molecule has 0 radical (unpaired) electrons. The molecule has 0 bridgehead atoms. The van der Waals surface area contributed by atoms with Crippen molar-refractivity contribution in [3.05, 3.63) is 35.7 Å². The number of hydrogen-bond donors (Lipinski definition) is 1. The molecule has 0 unspecified atom stereocenters. The fourth-order valence-corrected chi connectivity index (χ4v) is 2.24. The summed E-state index contributed by atoms with van der Waals surface area (Å²) in [6, 6.07) is 7.90. The van der Waals surface area contributed by atoms with Gasteiger partial charge in [-0.2, -0.15) is 0 Å². The zero-order chi connectivity index (χ0) is 11.5. The average molecular weight is 234 g/mol. The van der Waals surface area contributed by atoms with E-state index in [1.807, 2.05) is 36.7 Å². The maximum atomic E-state index is 5.72. The summed E-state index contributed by atoms with van der Waals surface area (Å²) < 4.78 is 1.98. The fraction of sp³-hybridized carbons (Fsp3) is 0.273. The van der Waals surface area contributed by atoms with Gasteiger partial charge in [0, 0.05) is 18.5 Å². The number of nitrogen functional groups attached to an aromatic ring is 1. The molecule has 2 aromatic rings. The van der Waals surface area contributed by atoms with E-state index >= 15 is 0 Å². The van der Waals surface area contributed by atoms with Crippen LogP contribution in [0.3, 0.4) is 0 Å². The van der Waals surface area contributed by atoms with Gasteiger partial charge in [0.05, 0.1) is 0 Å². The van der Waals surface area contributed by atoms with Crippen molar-refractivity contribution >= 4 is 17.4 Å². The van der Waals surface area contributed by atoms with Gasteiger partial charge in [-0.3, -0.25) is 0 Å². The maximum absolute atomic E-state index is 5.72. The minimum atomic E-state index is 0.798. The van der Waals surface area contributed by atoms with E-state index in [4.69, 9.17) is 5.73 Å². The van der Waals surface area contributed by atoms with Gasteiger partial charge in [-0.25, -0.2) is 0 Å². The second-order valence-electron chi connectivity index (χ2n) is 3.62. The van der Waals surface area contributed by atoms with Crippen LogP contribution in [0.1, 0.15) is 11.4 Å². The van der Waals surface area contributed by atoms with Crippen molar-refractivity contribution in [1.82, 2.24) is 14.8 Å². The molecule has 0 amide bonds. The van der Waals surface area contributed by atoms with E-state index in [2.05, 4.69) is 16.3 Å². The van der Waals surface area contributed by atoms with E-state index in [0.717, 1.165) is 22.4 Å². The van der Waals surface area contributed by atoms with Crippen molar-refractivity contribution in [3.8, 4) is 0 Å². The van der Waals surface area contributed by atoms with E-state index in [1.165, 1.54) is 5.56 Å². The highest BCUT2D eigenvalue weighted by molar-refractivity contribution is 7.98. The topological polar surface area (TPSA) is 56.7 Å². The highest BCUT2D eigenvalue weighted by Gasteiger charge is 2.05. The Balaban J connectivity index is 2.05. The number of aryl methyl sites for hydroxylation is 1. The Morgan fingerprint density at radius 3 is 2.81 bits per heavy atom. The predicted octanol–water partition coefficient (Wildman–Crippen LogP) is 2.00. The summed E-state index contributed by atoms with van der Waals surface area (Å²) in [5, 5.41) is 9.04. The molecule has 0 aliphatic heterocycles. The Morgan fingerprint density at radius 2 is 2.19 bits per heavy atom. The lowest BCUT2D eigenvalue weighted by Crippen LogP contribution is -1.94. The van der Waals surface area contributed by atoms with Gasteiger partial charge in [0.15, 0.2) is 5.16 Å². The summed E-state index contributed by atoms with van der Waals surface area (Å²) in [6.07, 6.45) is 0. The second kappa shape index (κ2) is 4.57. The first-order valence-electron chi connectivity index (χ1n) is 5.00. The molecule has 1 heterocycles. The molecular formula is C11H14N4S. The molecule has 0 saturated carbocycles. The predicted molar refractivity (Wildman–Crippen MR) is 66.2 cm³/mol. The summed E-state index contributed by atoms with van der Waals surface area (Å²) in [5.74, 6) is 1.78. The van der Waals surface area contributed by atoms with Crippen LogP contribution in [0.25, 0.3) is 0 Å². The minimum Gasteiger partial charge on any atom is -0.399 e. The van der Waals surface area contributed by atoms with Crippen molar-refractivity contribution in [2.75, 3.05) is 5.73 Å². The molecule has 2 N–H and O–H groups in total. The monoisotopic (exact) mass is 234 g/mol. The normalized spacial score (nSPS) is 10.6. The van der Waals surface area contributed by atoms with Crippen molar-refractivity contribution in [3.63, 3.8) is 0 Å². The lowest BCUT2D eigenvalue weighted by molar-refractivity contribution is 0.765. The van der Waals surface area contributed by atoms with E-state index in [0.29, 0.717) is 0 Å². The Kier molecular flexibility index (Phi) is 3.14. The van der Waals surface area contributed by atoms with Gasteiger partial charge in [0.25, 0.3) is 0 Å². The molecule has 5 heteroatoms. The van der Waals surface area contributed by atoms with Gasteiger partial charge in [-0.05, 0) is 24.6 Å². The van der Waals surface area contributed by atoms with Gasteiger partial charge in [-0.1, -0.05) is 23.9 Å². The molecule has 16 heavy (non-hydrogen) atoms. The number of thioether (sulfide) groups is 1. The summed E-state index contributed by atoms with van der Waals surface area (Å²) in [5.41, 5.74) is 7.72. The molecule has 1 aromatic carbocycles. The van der Waals surface area contributed by atoms with Gasteiger partial charge in [0.2, 0.25) is 0 Å². The van der Waals surface area contributed by atoms with E-state index in [-0.39, 0.29) is 0 Å². The SMILES string of the molecule is Cc1nnc(SCc2cccc(N)c2)n1C. The average Bonchev–Trinajstić information content (AvgIpc) is 2.57. The molecule has 84 valence electrons. The van der Waals surface area contributed by atoms with Gasteiger partial charge in [-0.15, -0.1) is 10.2 Å². The van der Waals surface area contributed by atoms with Crippen LogP contribution in [-0.2, 0) is 12.8 Å². The van der Waals surface area contributed by atoms with Crippen LogP contribution in [0.5, 0.6) is 0 Å². The molecular weight excluding hydrogens is 220 g/mol. The Labute approximate surface area is 98.9 Å². The zero-order valence-electron chi connectivity index (χ0n) is 9.34. The third-order valence-electron chi connectivity index (χ3n) is 2.37. The third kappa shape index (κ3) is 2.36. The number of hydrogen-bond acceptors (Lipinski definition) is 4. The largest absolute Gasteiger partial charge is 0.399 e. The standard InChI is InChI=1S/C11H14N4S/c1-8-13-14-11(15(8)2)16-7-9-4-3-5-10(12)6-9/h3-6H,7,12H2,1-2H3. The number of nitrogens with zero attached hydrogens (tertiary/aromatic N) is 3. The molecule has 0 atom stereocenters. The van der Waals surface area contributed by atoms with Crippen molar-refractivity contribution in [2.45, 2.75) is 17.8 Å². The number of rotatable bonds is 3. The lowest BCUT2D eigenvalue weighted by atomic mass is 10.2. The summed E-state index contributed by atoms with van der Waals surface area (Å²) in [7, 11) is 1.97. The number of nitrogens with two attached hydrogens (primary N) is 1. The molecule has 0 saturated heterocycles. The molecule has 2 rings (SSSR count). The fourth-order valence-electron chi connectivity index (χ4n) is 1.34. The maximum Gasteiger partial charge on any atom is 0.191 e. The molecule has 0 aliphatic rings. The summed E-state index contributed by atoms with van der Waals surface area (Å²) in [4.78, 5) is 0. The molecule has 4 nitrogen and oxygen atoms in total. The van der Waals surface area contributed by atoms with E-state index < -0.39 is 0 Å². The number of benzene rings is 1. The highest BCUT2D eigenvalue weighted by Crippen LogP contribution is 2.21. The van der Waals surface area contributed by atoms with Crippen LogP contribution in [-0.4, -0.2) is 14.8 Å². The minimum absolute atomic E-state index is 0.798. The van der Waals surface area contributed by atoms with E-state index in [1.54, 1.807) is 11.8 Å². The van der Waals surface area contributed by atoms with Gasteiger partial charge in [0.1, 0.15) is 5.82 Å². The van der Waals surface area contributed by atoms with Crippen LogP contribution < -0.4 is 5.73 Å². The first-order chi connectivity index (χ1) is 7.66. The van der Waals surface area contributed by atoms with Crippen LogP contribution in [0.15, 0.2) is 29.4 Å². The number of aromatic nitrogens is 3. The molecule has 0 aliphatic carbocycles. The van der Waals surface area contributed by atoms with Crippen molar-refractivity contribution in [2.24, 2.45) is 7.05 Å². The van der Waals surface area contributed by atoms with Crippen LogP contribution in [0.4, 0.5) is 5.69 Å². The van der Waals surface area contributed by atoms with Gasteiger partial charge >= 0.3 is 0 Å². The smallest absolute Gasteiger partial charge is 0.191 e. The first-order valence-corrected chi connectivity index (χ1v) is 5.98. The van der Waals surface area contributed by atoms with Crippen molar-refractivity contribution in [1.29, 1.82) is 0 Å². The second-order valence-corrected chi connectivity index (χ2v) is 4.57. The molecule has 0 spiro atoms. The Morgan fingerprint density at radius 1 is 1.38 bits per heavy atom. The van der Waals surface area contributed by atoms with Crippen molar-refractivity contribution < 1.29 is 0 Å². The Bertz CT molecular complexity index is 492. The Hall–Kier alpha value is -1.49. The van der Waals surface area contributed by atoms with Gasteiger partial charge < -0.3 is 10.3 Å². The zero-order valence-corrected chi connectivity index (χ0v) is 10.2. The molecule has 0 fully saturated rings. The lowest BCUT2D eigenvalue weighted by Gasteiger charge is -2.02. The number of anilines is 1. The third-order valence-corrected chi connectivity index (χ3v) is 3.46. The van der Waals surface area contributed by atoms with Crippen LogP contribution >= 0.6 is 11.8 Å².